The molecule has 5 heteroatoms. The Morgan fingerprint density at radius 3 is 2.23 bits per heavy atom. The molecule has 2 aromatic rings. The zero-order chi connectivity index (χ0) is 16.1. The fourth-order valence-electron chi connectivity index (χ4n) is 2.40. The Bertz CT molecular complexity index is 663. The van der Waals surface area contributed by atoms with Crippen molar-refractivity contribution in [1.29, 1.82) is 0 Å². The second-order valence-corrected chi connectivity index (χ2v) is 5.08. The molecule has 2 rings (SSSR count). The summed E-state index contributed by atoms with van der Waals surface area (Å²) >= 11 is 0. The van der Waals surface area contributed by atoms with Crippen LogP contribution in [0.25, 0.3) is 0 Å². The van der Waals surface area contributed by atoms with Crippen molar-refractivity contribution in [3.8, 4) is 0 Å². The third-order valence-corrected chi connectivity index (χ3v) is 3.43. The molecular formula is C17H18N2O3. The molecule has 0 atom stereocenters. The zero-order valence-electron chi connectivity index (χ0n) is 12.6. The summed E-state index contributed by atoms with van der Waals surface area (Å²) in [6.07, 6.45) is 2.99. The largest absolute Gasteiger partial charge is 0.481 e. The standard InChI is InChI=1S/C17H18N2O3/c1-12-4-3-5-13(2)16(12)19(11-8-15(20)21)17(22)14-6-9-18-10-7-14/h3-7,9-10H,8,11H2,1-2H3,(H,20,21). The second kappa shape index (κ2) is 6.85. The van der Waals surface area contributed by atoms with Crippen LogP contribution in [-0.4, -0.2) is 28.5 Å². The number of aliphatic carboxylic acids is 1. The van der Waals surface area contributed by atoms with E-state index in [1.54, 1.807) is 24.5 Å². The highest BCUT2D eigenvalue weighted by atomic mass is 16.4. The Kier molecular flexibility index (Phi) is 4.88. The fraction of sp³-hybridized carbons (Fsp3) is 0.235. The normalized spacial score (nSPS) is 10.3. The van der Waals surface area contributed by atoms with Gasteiger partial charge in [0.25, 0.3) is 5.91 Å². The van der Waals surface area contributed by atoms with E-state index in [0.717, 1.165) is 16.8 Å². The lowest BCUT2D eigenvalue weighted by atomic mass is 10.1. The lowest BCUT2D eigenvalue weighted by Gasteiger charge is -2.26. The first-order chi connectivity index (χ1) is 10.5. The molecule has 1 amide bonds. The van der Waals surface area contributed by atoms with Gasteiger partial charge >= 0.3 is 5.97 Å². The maximum Gasteiger partial charge on any atom is 0.305 e. The van der Waals surface area contributed by atoms with Crippen LogP contribution in [0.2, 0.25) is 0 Å². The molecule has 1 aromatic heterocycles. The number of carbonyl (C=O) groups excluding carboxylic acids is 1. The summed E-state index contributed by atoms with van der Waals surface area (Å²) in [6, 6.07) is 9.00. The lowest BCUT2D eigenvalue weighted by molar-refractivity contribution is -0.136. The molecule has 0 saturated carbocycles. The SMILES string of the molecule is Cc1cccc(C)c1N(CCC(=O)O)C(=O)c1ccncc1. The molecule has 1 N–H and O–H groups in total. The number of amides is 1. The summed E-state index contributed by atoms with van der Waals surface area (Å²) in [7, 11) is 0. The number of pyridine rings is 1. The minimum Gasteiger partial charge on any atom is -0.481 e. The van der Waals surface area contributed by atoms with Crippen LogP contribution < -0.4 is 4.90 Å². The van der Waals surface area contributed by atoms with Crippen molar-refractivity contribution in [3.63, 3.8) is 0 Å². The number of rotatable bonds is 5. The van der Waals surface area contributed by atoms with Gasteiger partial charge in [-0.3, -0.25) is 14.6 Å². The molecular weight excluding hydrogens is 280 g/mol. The summed E-state index contributed by atoms with van der Waals surface area (Å²) in [5.41, 5.74) is 3.13. The Morgan fingerprint density at radius 1 is 1.09 bits per heavy atom. The van der Waals surface area contributed by atoms with Crippen LogP contribution in [0.1, 0.15) is 27.9 Å². The van der Waals surface area contributed by atoms with Crippen LogP contribution in [0.15, 0.2) is 42.7 Å². The number of benzene rings is 1. The van der Waals surface area contributed by atoms with E-state index in [-0.39, 0.29) is 18.9 Å². The maximum absolute atomic E-state index is 12.8. The highest BCUT2D eigenvalue weighted by Gasteiger charge is 2.21. The fourth-order valence-corrected chi connectivity index (χ4v) is 2.40. The average Bonchev–Trinajstić information content (AvgIpc) is 2.50. The van der Waals surface area contributed by atoms with E-state index in [0.29, 0.717) is 5.56 Å². The number of hydrogen-bond acceptors (Lipinski definition) is 3. The van der Waals surface area contributed by atoms with Gasteiger partial charge in [-0.15, -0.1) is 0 Å². The monoisotopic (exact) mass is 298 g/mol. The first-order valence-corrected chi connectivity index (χ1v) is 7.00. The van der Waals surface area contributed by atoms with Crippen molar-refractivity contribution < 1.29 is 14.7 Å². The molecule has 0 radical (unpaired) electrons. The van der Waals surface area contributed by atoms with E-state index in [1.165, 1.54) is 4.90 Å². The van der Waals surface area contributed by atoms with Gasteiger partial charge in [-0.2, -0.15) is 0 Å². The maximum atomic E-state index is 12.8. The molecule has 1 heterocycles. The first-order valence-electron chi connectivity index (χ1n) is 7.00. The minimum absolute atomic E-state index is 0.107. The highest BCUT2D eigenvalue weighted by molar-refractivity contribution is 6.07. The van der Waals surface area contributed by atoms with Gasteiger partial charge in [-0.25, -0.2) is 0 Å². The Labute approximate surface area is 129 Å². The first kappa shape index (κ1) is 15.7. The molecule has 0 aliphatic rings. The molecule has 5 nitrogen and oxygen atoms in total. The van der Waals surface area contributed by atoms with Crippen LogP contribution in [0.3, 0.4) is 0 Å². The molecule has 0 spiro atoms. The van der Waals surface area contributed by atoms with Crippen molar-refractivity contribution in [2.45, 2.75) is 20.3 Å². The predicted molar refractivity (Wildman–Crippen MR) is 84.1 cm³/mol. The molecule has 0 fully saturated rings. The van der Waals surface area contributed by atoms with Crippen LogP contribution in [0.4, 0.5) is 5.69 Å². The van der Waals surface area contributed by atoms with Gasteiger partial charge in [0.05, 0.1) is 6.42 Å². The van der Waals surface area contributed by atoms with Crippen LogP contribution in [0.5, 0.6) is 0 Å². The molecule has 22 heavy (non-hydrogen) atoms. The van der Waals surface area contributed by atoms with Crippen molar-refractivity contribution >= 4 is 17.6 Å². The minimum atomic E-state index is -0.932. The average molecular weight is 298 g/mol. The van der Waals surface area contributed by atoms with Crippen molar-refractivity contribution in [2.24, 2.45) is 0 Å². The summed E-state index contributed by atoms with van der Waals surface area (Å²) in [6.45, 7) is 3.95. The number of nitrogens with zero attached hydrogens (tertiary/aromatic N) is 2. The van der Waals surface area contributed by atoms with Gasteiger partial charge in [0, 0.05) is 30.2 Å². The van der Waals surface area contributed by atoms with E-state index in [9.17, 15) is 9.59 Å². The molecule has 114 valence electrons. The van der Waals surface area contributed by atoms with E-state index < -0.39 is 5.97 Å². The van der Waals surface area contributed by atoms with Crippen molar-refractivity contribution in [3.05, 3.63) is 59.4 Å². The Morgan fingerprint density at radius 2 is 1.68 bits per heavy atom. The number of anilines is 1. The van der Waals surface area contributed by atoms with Gasteiger partial charge in [-0.1, -0.05) is 18.2 Å². The molecule has 0 unspecified atom stereocenters. The number of aryl methyl sites for hydroxylation is 2. The van der Waals surface area contributed by atoms with E-state index in [4.69, 9.17) is 5.11 Å². The van der Waals surface area contributed by atoms with Gasteiger partial charge in [-0.05, 0) is 37.1 Å². The van der Waals surface area contributed by atoms with Crippen LogP contribution in [-0.2, 0) is 4.79 Å². The smallest absolute Gasteiger partial charge is 0.305 e. The van der Waals surface area contributed by atoms with Gasteiger partial charge in [0.2, 0.25) is 0 Å². The van der Waals surface area contributed by atoms with E-state index in [1.807, 2.05) is 32.0 Å². The van der Waals surface area contributed by atoms with Gasteiger partial charge in [0.1, 0.15) is 0 Å². The van der Waals surface area contributed by atoms with Crippen LogP contribution >= 0.6 is 0 Å². The molecule has 0 aliphatic heterocycles. The number of carboxylic acid groups (broad SMARTS) is 1. The summed E-state index contributed by atoms with van der Waals surface area (Å²) in [5, 5.41) is 8.95. The number of hydrogen-bond donors (Lipinski definition) is 1. The van der Waals surface area contributed by atoms with Crippen molar-refractivity contribution in [1.82, 2.24) is 4.98 Å². The molecule has 0 aliphatic carbocycles. The third kappa shape index (κ3) is 3.49. The van der Waals surface area contributed by atoms with Gasteiger partial charge in [0.15, 0.2) is 0 Å². The third-order valence-electron chi connectivity index (χ3n) is 3.43. The predicted octanol–water partition coefficient (Wildman–Crippen LogP) is 2.82. The zero-order valence-corrected chi connectivity index (χ0v) is 12.6. The Hall–Kier alpha value is -2.69. The molecule has 0 saturated heterocycles. The van der Waals surface area contributed by atoms with Crippen LogP contribution in [0, 0.1) is 13.8 Å². The number of para-hydroxylation sites is 1. The number of carbonyl (C=O) groups is 2. The quantitative estimate of drug-likeness (QED) is 0.921. The highest BCUT2D eigenvalue weighted by Crippen LogP contribution is 2.26. The summed E-state index contributed by atoms with van der Waals surface area (Å²) in [4.78, 5) is 29.1. The topological polar surface area (TPSA) is 70.5 Å². The number of carboxylic acids is 1. The molecule has 1 aromatic carbocycles. The summed E-state index contributed by atoms with van der Waals surface area (Å²) in [5.74, 6) is -1.15. The van der Waals surface area contributed by atoms with Crippen molar-refractivity contribution in [2.75, 3.05) is 11.4 Å². The van der Waals surface area contributed by atoms with E-state index in [2.05, 4.69) is 4.98 Å². The number of aromatic nitrogens is 1. The Balaban J connectivity index is 2.43. The lowest BCUT2D eigenvalue weighted by Crippen LogP contribution is -2.34. The van der Waals surface area contributed by atoms with E-state index >= 15 is 0 Å². The second-order valence-electron chi connectivity index (χ2n) is 5.08. The van der Waals surface area contributed by atoms with Gasteiger partial charge < -0.3 is 10.0 Å². The summed E-state index contributed by atoms with van der Waals surface area (Å²) < 4.78 is 0. The molecule has 0 bridgehead atoms.